The molecule has 0 saturated heterocycles. The van der Waals surface area contributed by atoms with Crippen molar-refractivity contribution in [2.45, 2.75) is 44.1 Å². The number of halogens is 1. The molecule has 1 aromatic rings. The zero-order valence-corrected chi connectivity index (χ0v) is 8.85. The number of fused-ring (bicyclic) bond motifs is 1. The van der Waals surface area contributed by atoms with E-state index in [2.05, 4.69) is 5.32 Å². The number of benzene rings is 1. The van der Waals surface area contributed by atoms with Gasteiger partial charge in [-0.2, -0.15) is 0 Å². The Labute approximate surface area is 89.7 Å². The van der Waals surface area contributed by atoms with E-state index >= 15 is 0 Å². The fourth-order valence-corrected chi connectivity index (χ4v) is 3.05. The van der Waals surface area contributed by atoms with Crippen molar-refractivity contribution < 1.29 is 4.39 Å². The van der Waals surface area contributed by atoms with Crippen molar-refractivity contribution in [2.75, 3.05) is 5.32 Å². The molecular weight excluding hydrogens is 189 g/mol. The van der Waals surface area contributed by atoms with E-state index in [1.54, 1.807) is 12.1 Å². The van der Waals surface area contributed by atoms with Gasteiger partial charge in [-0.3, -0.25) is 0 Å². The van der Waals surface area contributed by atoms with Gasteiger partial charge in [-0.15, -0.1) is 0 Å². The fourth-order valence-electron chi connectivity index (χ4n) is 3.05. The molecule has 1 N–H and O–H groups in total. The van der Waals surface area contributed by atoms with Gasteiger partial charge in [-0.05, 0) is 25.0 Å². The summed E-state index contributed by atoms with van der Waals surface area (Å²) >= 11 is 0. The molecule has 0 amide bonds. The lowest BCUT2D eigenvalue weighted by molar-refractivity contribution is 0.331. The quantitative estimate of drug-likeness (QED) is 0.683. The van der Waals surface area contributed by atoms with Gasteiger partial charge in [0.2, 0.25) is 0 Å². The molecule has 0 radical (unpaired) electrons. The average Bonchev–Trinajstić information content (AvgIpc) is 2.59. The molecule has 1 fully saturated rings. The van der Waals surface area contributed by atoms with Gasteiger partial charge in [0, 0.05) is 23.2 Å². The molecule has 80 valence electrons. The Morgan fingerprint density at radius 1 is 1.13 bits per heavy atom. The molecule has 1 aliphatic carbocycles. The maximum atomic E-state index is 13.6. The van der Waals surface area contributed by atoms with Crippen LogP contribution in [0, 0.1) is 5.82 Å². The van der Waals surface area contributed by atoms with Crippen LogP contribution in [0.3, 0.4) is 0 Å². The largest absolute Gasteiger partial charge is 0.379 e. The van der Waals surface area contributed by atoms with Crippen LogP contribution in [0.2, 0.25) is 0 Å². The van der Waals surface area contributed by atoms with Crippen molar-refractivity contribution in [3.05, 3.63) is 29.6 Å². The van der Waals surface area contributed by atoms with Crippen LogP contribution >= 0.6 is 0 Å². The number of hydrogen-bond donors (Lipinski definition) is 1. The highest BCUT2D eigenvalue weighted by molar-refractivity contribution is 5.59. The Balaban J connectivity index is 1.94. The Hall–Kier alpha value is -1.05. The number of anilines is 1. The van der Waals surface area contributed by atoms with E-state index in [0.717, 1.165) is 17.7 Å². The van der Waals surface area contributed by atoms with Gasteiger partial charge in [-0.1, -0.05) is 25.3 Å². The van der Waals surface area contributed by atoms with Crippen molar-refractivity contribution in [3.63, 3.8) is 0 Å². The normalized spacial score (nSPS) is 22.5. The summed E-state index contributed by atoms with van der Waals surface area (Å²) in [5.41, 5.74) is 2.11. The van der Waals surface area contributed by atoms with Crippen molar-refractivity contribution in [1.82, 2.24) is 0 Å². The summed E-state index contributed by atoms with van der Waals surface area (Å²) in [5, 5.41) is 3.55. The lowest BCUT2D eigenvalue weighted by Gasteiger charge is -2.34. The van der Waals surface area contributed by atoms with Crippen LogP contribution in [0.15, 0.2) is 18.2 Å². The predicted octanol–water partition coefficient (Wildman–Crippen LogP) is 3.50. The highest BCUT2D eigenvalue weighted by Gasteiger charge is 2.38. The van der Waals surface area contributed by atoms with Gasteiger partial charge in [0.05, 0.1) is 0 Å². The molecule has 1 nitrogen and oxygen atoms in total. The van der Waals surface area contributed by atoms with E-state index in [0.29, 0.717) is 0 Å². The van der Waals surface area contributed by atoms with Gasteiger partial charge in [0.15, 0.2) is 0 Å². The molecule has 1 aromatic carbocycles. The molecule has 0 atom stereocenters. The van der Waals surface area contributed by atoms with Gasteiger partial charge < -0.3 is 5.32 Å². The second-order valence-corrected chi connectivity index (χ2v) is 4.91. The Morgan fingerprint density at radius 3 is 2.67 bits per heavy atom. The fraction of sp³-hybridized carbons (Fsp3) is 0.538. The first-order chi connectivity index (χ1) is 7.29. The minimum Gasteiger partial charge on any atom is -0.379 e. The van der Waals surface area contributed by atoms with E-state index in [1.165, 1.54) is 32.1 Å². The minimum absolute atomic E-state index is 0.0394. The second-order valence-electron chi connectivity index (χ2n) is 4.91. The highest BCUT2D eigenvalue weighted by Crippen LogP contribution is 2.42. The van der Waals surface area contributed by atoms with Gasteiger partial charge in [0.1, 0.15) is 5.82 Å². The maximum Gasteiger partial charge on any atom is 0.128 e. The lowest BCUT2D eigenvalue weighted by atomic mass is 9.80. The molecule has 3 rings (SSSR count). The van der Waals surface area contributed by atoms with Crippen molar-refractivity contribution >= 4 is 5.69 Å². The van der Waals surface area contributed by atoms with E-state index in [-0.39, 0.29) is 11.4 Å². The predicted molar refractivity (Wildman–Crippen MR) is 59.5 cm³/mol. The standard InChI is InChI=1S/C13H16FN/c14-11-5-4-6-12-10(11)9-13(15-12)7-2-1-3-8-13/h4-6,15H,1-3,7-9H2. The van der Waals surface area contributed by atoms with E-state index in [4.69, 9.17) is 0 Å². The van der Waals surface area contributed by atoms with Crippen LogP contribution in [-0.4, -0.2) is 5.54 Å². The summed E-state index contributed by atoms with van der Waals surface area (Å²) in [6.45, 7) is 0. The van der Waals surface area contributed by atoms with E-state index < -0.39 is 0 Å². The molecular formula is C13H16FN. The third-order valence-electron chi connectivity index (χ3n) is 3.84. The van der Waals surface area contributed by atoms with Crippen molar-refractivity contribution in [2.24, 2.45) is 0 Å². The summed E-state index contributed by atoms with van der Waals surface area (Å²) in [7, 11) is 0. The molecule has 1 saturated carbocycles. The number of hydrogen-bond acceptors (Lipinski definition) is 1. The summed E-state index contributed by atoms with van der Waals surface area (Å²) in [5.74, 6) is -0.0394. The first-order valence-corrected chi connectivity index (χ1v) is 5.85. The van der Waals surface area contributed by atoms with Crippen molar-refractivity contribution in [1.29, 1.82) is 0 Å². The van der Waals surface area contributed by atoms with Crippen LogP contribution in [0.25, 0.3) is 0 Å². The van der Waals surface area contributed by atoms with Crippen molar-refractivity contribution in [3.8, 4) is 0 Å². The lowest BCUT2D eigenvalue weighted by Crippen LogP contribution is -2.38. The molecule has 0 unspecified atom stereocenters. The zero-order chi connectivity index (χ0) is 10.3. The summed E-state index contributed by atoms with van der Waals surface area (Å²) in [6.07, 6.45) is 7.17. The van der Waals surface area contributed by atoms with Crippen LogP contribution in [0.1, 0.15) is 37.7 Å². The van der Waals surface area contributed by atoms with E-state index in [1.807, 2.05) is 6.07 Å². The third kappa shape index (κ3) is 1.43. The first-order valence-electron chi connectivity index (χ1n) is 5.85. The molecule has 2 heteroatoms. The Bertz CT molecular complexity index is 380. The van der Waals surface area contributed by atoms with Crippen LogP contribution < -0.4 is 5.32 Å². The maximum absolute atomic E-state index is 13.6. The second kappa shape index (κ2) is 3.22. The Morgan fingerprint density at radius 2 is 1.93 bits per heavy atom. The minimum atomic E-state index is -0.0394. The SMILES string of the molecule is Fc1cccc2c1CC1(CCCCC1)N2. The number of nitrogens with one attached hydrogen (secondary N) is 1. The number of rotatable bonds is 0. The van der Waals surface area contributed by atoms with Crippen LogP contribution in [0.5, 0.6) is 0 Å². The summed E-state index contributed by atoms with van der Waals surface area (Å²) in [4.78, 5) is 0. The topological polar surface area (TPSA) is 12.0 Å². The zero-order valence-electron chi connectivity index (χ0n) is 8.85. The average molecular weight is 205 g/mol. The summed E-state index contributed by atoms with van der Waals surface area (Å²) in [6, 6.07) is 5.37. The monoisotopic (exact) mass is 205 g/mol. The summed E-state index contributed by atoms with van der Waals surface area (Å²) < 4.78 is 13.6. The van der Waals surface area contributed by atoms with Gasteiger partial charge in [0.25, 0.3) is 0 Å². The highest BCUT2D eigenvalue weighted by atomic mass is 19.1. The smallest absolute Gasteiger partial charge is 0.128 e. The molecule has 1 heterocycles. The van der Waals surface area contributed by atoms with Gasteiger partial charge in [-0.25, -0.2) is 4.39 Å². The van der Waals surface area contributed by atoms with Gasteiger partial charge >= 0.3 is 0 Å². The Kier molecular flexibility index (Phi) is 1.98. The molecule has 1 aliphatic heterocycles. The third-order valence-corrected chi connectivity index (χ3v) is 3.84. The first kappa shape index (κ1) is 9.20. The van der Waals surface area contributed by atoms with E-state index in [9.17, 15) is 4.39 Å². The molecule has 0 bridgehead atoms. The molecule has 1 spiro atoms. The van der Waals surface area contributed by atoms with Crippen LogP contribution in [-0.2, 0) is 6.42 Å². The molecule has 0 aromatic heterocycles. The van der Waals surface area contributed by atoms with Crippen LogP contribution in [0.4, 0.5) is 10.1 Å². The molecule has 15 heavy (non-hydrogen) atoms. The molecule has 2 aliphatic rings.